The van der Waals surface area contributed by atoms with E-state index < -0.39 is 42.6 Å². The van der Waals surface area contributed by atoms with Gasteiger partial charge in [0, 0.05) is 0 Å². The van der Waals surface area contributed by atoms with E-state index >= 15 is 0 Å². The summed E-state index contributed by atoms with van der Waals surface area (Å²) in [5, 5.41) is 19.8. The molecule has 0 fully saturated rings. The molecule has 0 aliphatic rings. The lowest BCUT2D eigenvalue weighted by Crippen LogP contribution is -2.23. The average molecular weight is 293 g/mol. The minimum Gasteiger partial charge on any atom is -0.872 e. The number of benzene rings is 1. The zero-order valence-corrected chi connectivity index (χ0v) is 9.77. The zero-order valence-electron chi connectivity index (χ0n) is 9.77. The summed E-state index contributed by atoms with van der Waals surface area (Å²) in [6.07, 6.45) is -4.64. The van der Waals surface area contributed by atoms with Gasteiger partial charge in [-0.3, -0.25) is 0 Å². The quantitative estimate of drug-likeness (QED) is 0.812. The maximum Gasteiger partial charge on any atom is 0.422 e. The molecule has 6 nitrogen and oxygen atoms in total. The van der Waals surface area contributed by atoms with Crippen molar-refractivity contribution in [2.24, 2.45) is 0 Å². The number of carbonyl (C=O) groups is 2. The maximum atomic E-state index is 11.7. The summed E-state index contributed by atoms with van der Waals surface area (Å²) in [5.74, 6) is -3.67. The van der Waals surface area contributed by atoms with Crippen molar-refractivity contribution >= 4 is 11.9 Å². The predicted octanol–water partition coefficient (Wildman–Crippen LogP) is 0.943. The van der Waals surface area contributed by atoms with E-state index in [0.29, 0.717) is 0 Å². The molecule has 0 aliphatic carbocycles. The van der Waals surface area contributed by atoms with Crippen LogP contribution in [0.5, 0.6) is 11.5 Å². The Morgan fingerprint density at radius 1 is 1.30 bits per heavy atom. The second-order valence-corrected chi connectivity index (χ2v) is 3.53. The van der Waals surface area contributed by atoms with Gasteiger partial charge in [-0.2, -0.15) is 13.2 Å². The van der Waals surface area contributed by atoms with Gasteiger partial charge in [0.1, 0.15) is 5.75 Å². The minimum atomic E-state index is -4.64. The molecule has 0 saturated heterocycles. The number of esters is 1. The Morgan fingerprint density at radius 2 is 1.95 bits per heavy atom. The van der Waals surface area contributed by atoms with Gasteiger partial charge < -0.3 is 19.7 Å². The van der Waals surface area contributed by atoms with Gasteiger partial charge in [0.2, 0.25) is 0 Å². The molecule has 0 unspecified atom stereocenters. The first kappa shape index (κ1) is 15.6. The molecule has 0 aliphatic heterocycles. The first-order valence-electron chi connectivity index (χ1n) is 5.08. The molecule has 1 aromatic carbocycles. The summed E-state index contributed by atoms with van der Waals surface area (Å²) in [6.45, 7) is -2.58. The van der Waals surface area contributed by atoms with Crippen LogP contribution >= 0.6 is 0 Å². The molecule has 9 heteroatoms. The van der Waals surface area contributed by atoms with E-state index in [-0.39, 0.29) is 5.75 Å². The van der Waals surface area contributed by atoms with Crippen LogP contribution in [-0.2, 0) is 9.53 Å². The van der Waals surface area contributed by atoms with E-state index in [4.69, 9.17) is 9.84 Å². The third-order valence-electron chi connectivity index (χ3n) is 1.93. The number of carboxylic acids is 1. The lowest BCUT2D eigenvalue weighted by Gasteiger charge is -2.12. The Morgan fingerprint density at radius 3 is 2.50 bits per heavy atom. The molecule has 0 saturated carbocycles. The normalized spacial score (nSPS) is 10.9. The fourth-order valence-corrected chi connectivity index (χ4v) is 1.11. The predicted molar refractivity (Wildman–Crippen MR) is 55.4 cm³/mol. The number of alkyl halides is 3. The highest BCUT2D eigenvalue weighted by Crippen LogP contribution is 2.21. The van der Waals surface area contributed by atoms with E-state index in [9.17, 15) is 27.9 Å². The van der Waals surface area contributed by atoms with Crippen LogP contribution < -0.4 is 9.84 Å². The summed E-state index contributed by atoms with van der Waals surface area (Å²) < 4.78 is 43.8. The highest BCUT2D eigenvalue weighted by molar-refractivity contribution is 5.91. The molecule has 0 heterocycles. The number of halogens is 3. The van der Waals surface area contributed by atoms with Crippen LogP contribution in [0.25, 0.3) is 0 Å². The third-order valence-corrected chi connectivity index (χ3v) is 1.93. The number of rotatable bonds is 5. The van der Waals surface area contributed by atoms with Crippen LogP contribution in [0.4, 0.5) is 13.2 Å². The van der Waals surface area contributed by atoms with Crippen molar-refractivity contribution in [3.05, 3.63) is 23.8 Å². The molecule has 110 valence electrons. The molecule has 0 bridgehead atoms. The van der Waals surface area contributed by atoms with E-state index in [1.165, 1.54) is 0 Å². The Labute approximate surface area is 110 Å². The van der Waals surface area contributed by atoms with Crippen LogP contribution in [0.1, 0.15) is 10.4 Å². The summed E-state index contributed by atoms with van der Waals surface area (Å²) >= 11 is 0. The van der Waals surface area contributed by atoms with Crippen molar-refractivity contribution in [1.82, 2.24) is 0 Å². The number of hydrogen-bond acceptors (Lipinski definition) is 5. The van der Waals surface area contributed by atoms with Gasteiger partial charge in [-0.25, -0.2) is 9.59 Å². The summed E-state index contributed by atoms with van der Waals surface area (Å²) in [7, 11) is 0. The standard InChI is InChI=1S/C11H9F3O6/c12-11(13,14)5-20-9(16)4-19-6-1-2-8(15)7(3-6)10(17)18/h1-3,15H,4-5H2,(H,17,18)/p-1. The van der Waals surface area contributed by atoms with Crippen LogP contribution in [0, 0.1) is 0 Å². The molecule has 1 aromatic rings. The largest absolute Gasteiger partial charge is 0.872 e. The van der Waals surface area contributed by atoms with Gasteiger partial charge in [0.25, 0.3) is 0 Å². The van der Waals surface area contributed by atoms with Gasteiger partial charge in [0.15, 0.2) is 13.2 Å². The summed E-state index contributed by atoms with van der Waals surface area (Å²) in [5.41, 5.74) is -0.578. The van der Waals surface area contributed by atoms with Gasteiger partial charge in [0.05, 0.1) is 5.56 Å². The number of carbonyl (C=O) groups excluding carboxylic acids is 1. The number of hydrogen-bond donors (Lipinski definition) is 1. The number of aromatic carboxylic acids is 1. The van der Waals surface area contributed by atoms with Gasteiger partial charge in [-0.15, -0.1) is 0 Å². The van der Waals surface area contributed by atoms with E-state index in [1.807, 2.05) is 0 Å². The highest BCUT2D eigenvalue weighted by Gasteiger charge is 2.29. The van der Waals surface area contributed by atoms with Crippen LogP contribution in [0.2, 0.25) is 0 Å². The Hall–Kier alpha value is -2.45. The molecule has 0 spiro atoms. The second-order valence-electron chi connectivity index (χ2n) is 3.53. The fraction of sp³-hybridized carbons (Fsp3) is 0.273. The van der Waals surface area contributed by atoms with Gasteiger partial charge in [-0.1, -0.05) is 11.8 Å². The first-order valence-corrected chi connectivity index (χ1v) is 5.08. The lowest BCUT2D eigenvalue weighted by molar-refractivity contribution is -0.268. The molecule has 20 heavy (non-hydrogen) atoms. The summed E-state index contributed by atoms with van der Waals surface area (Å²) in [6, 6.07) is 2.85. The number of ether oxygens (including phenoxy) is 2. The van der Waals surface area contributed by atoms with Gasteiger partial charge in [-0.05, 0) is 12.1 Å². The third kappa shape index (κ3) is 5.04. The van der Waals surface area contributed by atoms with E-state index in [1.54, 1.807) is 0 Å². The van der Waals surface area contributed by atoms with E-state index in [2.05, 4.69) is 4.74 Å². The van der Waals surface area contributed by atoms with Crippen molar-refractivity contribution in [3.63, 3.8) is 0 Å². The van der Waals surface area contributed by atoms with Crippen molar-refractivity contribution in [2.45, 2.75) is 6.18 Å². The summed E-state index contributed by atoms with van der Waals surface area (Å²) in [4.78, 5) is 21.6. The molecule has 0 atom stereocenters. The Kier molecular flexibility index (Phi) is 4.78. The molecule has 0 radical (unpaired) electrons. The van der Waals surface area contributed by atoms with E-state index in [0.717, 1.165) is 18.2 Å². The van der Waals surface area contributed by atoms with Gasteiger partial charge >= 0.3 is 18.1 Å². The highest BCUT2D eigenvalue weighted by atomic mass is 19.4. The van der Waals surface area contributed by atoms with Crippen LogP contribution in [0.3, 0.4) is 0 Å². The van der Waals surface area contributed by atoms with Crippen molar-refractivity contribution < 1.29 is 42.4 Å². The average Bonchev–Trinajstić information content (AvgIpc) is 2.34. The molecular formula is C11H8F3O6-. The topological polar surface area (TPSA) is 95.9 Å². The molecule has 0 aromatic heterocycles. The smallest absolute Gasteiger partial charge is 0.422 e. The second kappa shape index (κ2) is 6.13. The van der Waals surface area contributed by atoms with Crippen molar-refractivity contribution in [1.29, 1.82) is 0 Å². The minimum absolute atomic E-state index is 0.147. The van der Waals surface area contributed by atoms with Crippen molar-refractivity contribution in [2.75, 3.05) is 13.2 Å². The first-order chi connectivity index (χ1) is 9.19. The molecule has 1 rings (SSSR count). The molecule has 1 N–H and O–H groups in total. The lowest BCUT2D eigenvalue weighted by atomic mass is 10.2. The number of carboxylic acid groups (broad SMARTS) is 1. The Bertz CT molecular complexity index is 511. The zero-order chi connectivity index (χ0) is 15.3. The van der Waals surface area contributed by atoms with Crippen LogP contribution in [-0.4, -0.2) is 36.4 Å². The molecular weight excluding hydrogens is 285 g/mol. The monoisotopic (exact) mass is 293 g/mol. The maximum absolute atomic E-state index is 11.7. The Balaban J connectivity index is 2.56. The SMILES string of the molecule is O=C(COc1ccc([O-])c(C(=O)O)c1)OCC(F)(F)F. The molecule has 0 amide bonds. The fourth-order valence-electron chi connectivity index (χ4n) is 1.11. The van der Waals surface area contributed by atoms with Crippen LogP contribution in [0.15, 0.2) is 18.2 Å². The van der Waals surface area contributed by atoms with Crippen molar-refractivity contribution in [3.8, 4) is 11.5 Å².